The van der Waals surface area contributed by atoms with Crippen LogP contribution in [0.2, 0.25) is 0 Å². The first-order chi connectivity index (χ1) is 9.22. The Kier molecular flexibility index (Phi) is 4.82. The van der Waals surface area contributed by atoms with E-state index in [1.54, 1.807) is 13.2 Å². The van der Waals surface area contributed by atoms with Gasteiger partial charge in [-0.05, 0) is 49.0 Å². The Labute approximate surface area is 117 Å². The van der Waals surface area contributed by atoms with Gasteiger partial charge in [0.15, 0.2) is 0 Å². The third-order valence-corrected chi connectivity index (χ3v) is 3.72. The van der Waals surface area contributed by atoms with Crippen LogP contribution in [0.15, 0.2) is 52.3 Å². The highest BCUT2D eigenvalue weighted by atomic mass is 32.2. The van der Waals surface area contributed by atoms with Crippen LogP contribution in [0.4, 0.5) is 4.39 Å². The molecule has 19 heavy (non-hydrogen) atoms. The minimum Gasteiger partial charge on any atom is -0.497 e. The smallest absolute Gasteiger partial charge is 0.137 e. The molecule has 0 spiro atoms. The van der Waals surface area contributed by atoms with E-state index >= 15 is 0 Å². The lowest BCUT2D eigenvalue weighted by molar-refractivity contribution is 0.414. The SMILES string of the molecule is CNCc1ccc(Sc2ccc(OC)cc2)c(F)c1. The first kappa shape index (κ1) is 13.9. The van der Waals surface area contributed by atoms with Crippen LogP contribution >= 0.6 is 11.8 Å². The Morgan fingerprint density at radius 1 is 1.16 bits per heavy atom. The van der Waals surface area contributed by atoms with Gasteiger partial charge in [-0.25, -0.2) is 4.39 Å². The van der Waals surface area contributed by atoms with Gasteiger partial charge in [-0.2, -0.15) is 0 Å². The zero-order valence-electron chi connectivity index (χ0n) is 10.9. The van der Waals surface area contributed by atoms with Gasteiger partial charge in [0.2, 0.25) is 0 Å². The summed E-state index contributed by atoms with van der Waals surface area (Å²) in [5, 5.41) is 3.01. The van der Waals surface area contributed by atoms with E-state index in [1.807, 2.05) is 43.4 Å². The van der Waals surface area contributed by atoms with Gasteiger partial charge in [-0.3, -0.25) is 0 Å². The van der Waals surface area contributed by atoms with Crippen LogP contribution in [0, 0.1) is 5.82 Å². The molecule has 0 unspecified atom stereocenters. The highest BCUT2D eigenvalue weighted by Gasteiger charge is 2.05. The number of halogens is 1. The lowest BCUT2D eigenvalue weighted by Gasteiger charge is -2.06. The fourth-order valence-corrected chi connectivity index (χ4v) is 2.53. The van der Waals surface area contributed by atoms with E-state index in [4.69, 9.17) is 4.74 Å². The van der Waals surface area contributed by atoms with Crippen LogP contribution in [0.1, 0.15) is 5.56 Å². The van der Waals surface area contributed by atoms with E-state index in [2.05, 4.69) is 5.32 Å². The maximum Gasteiger partial charge on any atom is 0.137 e. The van der Waals surface area contributed by atoms with Crippen LogP contribution < -0.4 is 10.1 Å². The maximum atomic E-state index is 13.9. The molecule has 0 saturated carbocycles. The summed E-state index contributed by atoms with van der Waals surface area (Å²) in [6.45, 7) is 0.671. The molecule has 2 rings (SSSR count). The van der Waals surface area contributed by atoms with Crippen LogP contribution in [0.5, 0.6) is 5.75 Å². The highest BCUT2D eigenvalue weighted by Crippen LogP contribution is 2.31. The third kappa shape index (κ3) is 3.72. The van der Waals surface area contributed by atoms with Crippen molar-refractivity contribution in [1.29, 1.82) is 0 Å². The van der Waals surface area contributed by atoms with Gasteiger partial charge in [-0.1, -0.05) is 17.8 Å². The van der Waals surface area contributed by atoms with E-state index in [1.165, 1.54) is 11.8 Å². The number of nitrogens with one attached hydrogen (secondary N) is 1. The Balaban J connectivity index is 2.13. The van der Waals surface area contributed by atoms with Crippen molar-refractivity contribution in [2.75, 3.05) is 14.2 Å². The summed E-state index contributed by atoms with van der Waals surface area (Å²) >= 11 is 1.41. The summed E-state index contributed by atoms with van der Waals surface area (Å²) in [5.41, 5.74) is 0.944. The van der Waals surface area contributed by atoms with E-state index in [0.717, 1.165) is 16.2 Å². The predicted octanol–water partition coefficient (Wildman–Crippen LogP) is 3.70. The molecule has 2 aromatic carbocycles. The van der Waals surface area contributed by atoms with Crippen molar-refractivity contribution in [3.8, 4) is 5.75 Å². The lowest BCUT2D eigenvalue weighted by Crippen LogP contribution is -2.05. The number of hydrogen-bond donors (Lipinski definition) is 1. The molecular formula is C15H16FNOS. The van der Waals surface area contributed by atoms with E-state index in [0.29, 0.717) is 11.4 Å². The van der Waals surface area contributed by atoms with Crippen LogP contribution in [-0.2, 0) is 6.54 Å². The van der Waals surface area contributed by atoms with Gasteiger partial charge in [-0.15, -0.1) is 0 Å². The number of ether oxygens (including phenoxy) is 1. The quantitative estimate of drug-likeness (QED) is 0.900. The normalized spacial score (nSPS) is 10.5. The molecule has 0 fully saturated rings. The number of benzene rings is 2. The molecular weight excluding hydrogens is 261 g/mol. The third-order valence-electron chi connectivity index (χ3n) is 2.66. The molecule has 2 nitrogen and oxygen atoms in total. The molecule has 0 bridgehead atoms. The van der Waals surface area contributed by atoms with Crippen molar-refractivity contribution in [2.45, 2.75) is 16.3 Å². The minimum atomic E-state index is -0.187. The van der Waals surface area contributed by atoms with Crippen molar-refractivity contribution in [3.63, 3.8) is 0 Å². The predicted molar refractivity (Wildman–Crippen MR) is 76.3 cm³/mol. The molecule has 0 amide bonds. The lowest BCUT2D eigenvalue weighted by atomic mass is 10.2. The molecule has 0 heterocycles. The second kappa shape index (κ2) is 6.59. The molecule has 2 aromatic rings. The average Bonchev–Trinajstić information content (AvgIpc) is 2.43. The highest BCUT2D eigenvalue weighted by molar-refractivity contribution is 7.99. The van der Waals surface area contributed by atoms with E-state index < -0.39 is 0 Å². The van der Waals surface area contributed by atoms with Gasteiger partial charge < -0.3 is 10.1 Å². The van der Waals surface area contributed by atoms with Crippen molar-refractivity contribution >= 4 is 11.8 Å². The summed E-state index contributed by atoms with van der Waals surface area (Å²) in [4.78, 5) is 1.62. The monoisotopic (exact) mass is 277 g/mol. The standard InChI is InChI=1S/C15H16FNOS/c1-17-10-11-3-8-15(14(16)9-11)19-13-6-4-12(18-2)5-7-13/h3-9,17H,10H2,1-2H3. The Morgan fingerprint density at radius 3 is 2.47 bits per heavy atom. The molecule has 0 atom stereocenters. The zero-order valence-corrected chi connectivity index (χ0v) is 11.8. The molecule has 0 aliphatic heterocycles. The van der Waals surface area contributed by atoms with Crippen LogP contribution in [-0.4, -0.2) is 14.2 Å². The fourth-order valence-electron chi connectivity index (χ4n) is 1.71. The summed E-state index contributed by atoms with van der Waals surface area (Å²) in [6, 6.07) is 12.9. The first-order valence-corrected chi connectivity index (χ1v) is 6.79. The van der Waals surface area contributed by atoms with Crippen LogP contribution in [0.25, 0.3) is 0 Å². The van der Waals surface area contributed by atoms with Gasteiger partial charge in [0, 0.05) is 16.3 Å². The van der Waals surface area contributed by atoms with Crippen LogP contribution in [0.3, 0.4) is 0 Å². The van der Waals surface area contributed by atoms with Crippen molar-refractivity contribution in [2.24, 2.45) is 0 Å². The molecule has 0 radical (unpaired) electrons. The fraction of sp³-hybridized carbons (Fsp3) is 0.200. The summed E-state index contributed by atoms with van der Waals surface area (Å²) in [5.74, 6) is 0.614. The first-order valence-electron chi connectivity index (χ1n) is 5.98. The number of rotatable bonds is 5. The molecule has 1 N–H and O–H groups in total. The topological polar surface area (TPSA) is 21.3 Å². The van der Waals surface area contributed by atoms with Gasteiger partial charge in [0.1, 0.15) is 11.6 Å². The Morgan fingerprint density at radius 2 is 1.89 bits per heavy atom. The van der Waals surface area contributed by atoms with Gasteiger partial charge in [0.25, 0.3) is 0 Å². The molecule has 0 saturated heterocycles. The molecule has 0 aromatic heterocycles. The zero-order chi connectivity index (χ0) is 13.7. The Hall–Kier alpha value is -1.52. The van der Waals surface area contributed by atoms with Gasteiger partial charge in [0.05, 0.1) is 7.11 Å². The number of hydrogen-bond acceptors (Lipinski definition) is 3. The molecule has 0 aliphatic rings. The number of methoxy groups -OCH3 is 1. The van der Waals surface area contributed by atoms with Gasteiger partial charge >= 0.3 is 0 Å². The summed E-state index contributed by atoms with van der Waals surface area (Å²) in [7, 11) is 3.47. The second-order valence-electron chi connectivity index (χ2n) is 4.07. The minimum absolute atomic E-state index is 0.187. The van der Waals surface area contributed by atoms with Crippen molar-refractivity contribution < 1.29 is 9.13 Å². The largest absolute Gasteiger partial charge is 0.497 e. The van der Waals surface area contributed by atoms with E-state index in [-0.39, 0.29) is 5.82 Å². The summed E-state index contributed by atoms with van der Waals surface area (Å²) in [6.07, 6.45) is 0. The second-order valence-corrected chi connectivity index (χ2v) is 5.19. The van der Waals surface area contributed by atoms with E-state index in [9.17, 15) is 4.39 Å². The maximum absolute atomic E-state index is 13.9. The van der Waals surface area contributed by atoms with Crippen molar-refractivity contribution in [3.05, 3.63) is 53.8 Å². The Bertz CT molecular complexity index is 542. The molecule has 100 valence electrons. The molecule has 4 heteroatoms. The summed E-state index contributed by atoms with van der Waals surface area (Å²) < 4.78 is 19.0. The molecule has 0 aliphatic carbocycles. The average molecular weight is 277 g/mol. The van der Waals surface area contributed by atoms with Crippen molar-refractivity contribution in [1.82, 2.24) is 5.32 Å².